The molecule has 0 aromatic rings. The van der Waals surface area contributed by atoms with Crippen molar-refractivity contribution in [3.05, 3.63) is 0 Å². The van der Waals surface area contributed by atoms with Crippen molar-refractivity contribution in [2.24, 2.45) is 0 Å². The van der Waals surface area contributed by atoms with Crippen LogP contribution in [0.1, 0.15) is 58.8 Å². The second-order valence-corrected chi connectivity index (χ2v) is 5.52. The van der Waals surface area contributed by atoms with Crippen LogP contribution in [0.5, 0.6) is 0 Å². The molecule has 4 N–H and O–H groups in total. The quantitative estimate of drug-likeness (QED) is 0.424. The molecule has 0 radical (unpaired) electrons. The van der Waals surface area contributed by atoms with Crippen molar-refractivity contribution in [3.63, 3.8) is 0 Å². The number of hydrogen-bond donors (Lipinski definition) is 4. The molecule has 0 aliphatic heterocycles. The number of carboxylic acid groups (broad SMARTS) is 2. The summed E-state index contributed by atoms with van der Waals surface area (Å²) >= 11 is 0. The third kappa shape index (κ3) is 9.84. The molecule has 122 valence electrons. The third-order valence-corrected chi connectivity index (χ3v) is 3.14. The molecular formula is C14H25NO6. The molecule has 7 heteroatoms. The highest BCUT2D eigenvalue weighted by atomic mass is 16.4. The number of amides is 1. The first-order valence-electron chi connectivity index (χ1n) is 7.14. The van der Waals surface area contributed by atoms with E-state index in [9.17, 15) is 19.5 Å². The number of hydrogen-bond acceptors (Lipinski definition) is 4. The molecule has 0 aliphatic carbocycles. The molecule has 0 spiro atoms. The number of carbonyl (C=O) groups is 3. The summed E-state index contributed by atoms with van der Waals surface area (Å²) in [6.07, 6.45) is 2.47. The van der Waals surface area contributed by atoms with Gasteiger partial charge in [0, 0.05) is 6.42 Å². The number of carbonyl (C=O) groups excluding carboxylic acids is 1. The molecular weight excluding hydrogens is 278 g/mol. The minimum Gasteiger partial charge on any atom is -0.481 e. The van der Waals surface area contributed by atoms with Gasteiger partial charge in [-0.2, -0.15) is 0 Å². The van der Waals surface area contributed by atoms with Crippen molar-refractivity contribution in [1.29, 1.82) is 0 Å². The summed E-state index contributed by atoms with van der Waals surface area (Å²) in [6.45, 7) is 3.57. The molecule has 0 heterocycles. The van der Waals surface area contributed by atoms with E-state index in [-0.39, 0.29) is 19.3 Å². The largest absolute Gasteiger partial charge is 0.481 e. The van der Waals surface area contributed by atoms with Crippen molar-refractivity contribution in [2.45, 2.75) is 70.4 Å². The maximum Gasteiger partial charge on any atom is 0.326 e. The molecule has 1 amide bonds. The fourth-order valence-electron chi connectivity index (χ4n) is 1.96. The van der Waals surface area contributed by atoms with E-state index >= 15 is 0 Å². The summed E-state index contributed by atoms with van der Waals surface area (Å²) in [5, 5.41) is 29.8. The first-order chi connectivity index (χ1) is 9.68. The first kappa shape index (κ1) is 19.4. The second-order valence-electron chi connectivity index (χ2n) is 5.52. The van der Waals surface area contributed by atoms with Gasteiger partial charge in [-0.25, -0.2) is 4.79 Å². The summed E-state index contributed by atoms with van der Waals surface area (Å²) in [7, 11) is 0. The minimum absolute atomic E-state index is 0.186. The lowest BCUT2D eigenvalue weighted by Crippen LogP contribution is -2.44. The molecule has 0 fully saturated rings. The van der Waals surface area contributed by atoms with Crippen LogP contribution in [0.4, 0.5) is 0 Å². The summed E-state index contributed by atoms with van der Waals surface area (Å²) in [4.78, 5) is 33.2. The van der Waals surface area contributed by atoms with E-state index in [1.165, 1.54) is 6.92 Å². The predicted octanol–water partition coefficient (Wildman–Crippen LogP) is 1.14. The summed E-state index contributed by atoms with van der Waals surface area (Å²) in [6, 6.07) is -1.25. The smallest absolute Gasteiger partial charge is 0.326 e. The van der Waals surface area contributed by atoms with Crippen molar-refractivity contribution in [2.75, 3.05) is 0 Å². The number of carboxylic acids is 2. The van der Waals surface area contributed by atoms with Gasteiger partial charge in [-0.1, -0.05) is 26.2 Å². The van der Waals surface area contributed by atoms with E-state index in [4.69, 9.17) is 10.2 Å². The maximum absolute atomic E-state index is 11.8. The van der Waals surface area contributed by atoms with Crippen molar-refractivity contribution < 1.29 is 29.7 Å². The van der Waals surface area contributed by atoms with Crippen LogP contribution in [0.2, 0.25) is 0 Å². The van der Waals surface area contributed by atoms with Gasteiger partial charge in [-0.15, -0.1) is 0 Å². The molecule has 1 unspecified atom stereocenters. The Balaban J connectivity index is 4.35. The van der Waals surface area contributed by atoms with E-state index in [0.717, 1.165) is 19.3 Å². The second kappa shape index (κ2) is 9.33. The molecule has 0 bridgehead atoms. The average Bonchev–Trinajstić information content (AvgIpc) is 2.33. The molecule has 7 nitrogen and oxygen atoms in total. The highest BCUT2D eigenvalue weighted by Crippen LogP contribution is 2.18. The highest BCUT2D eigenvalue weighted by Gasteiger charge is 2.27. The van der Waals surface area contributed by atoms with Gasteiger partial charge in [0.25, 0.3) is 0 Å². The number of nitrogens with one attached hydrogen (secondary N) is 1. The number of aliphatic hydroxyl groups is 1. The van der Waals surface area contributed by atoms with Crippen LogP contribution in [0.3, 0.4) is 0 Å². The Labute approximate surface area is 124 Å². The van der Waals surface area contributed by atoms with Crippen molar-refractivity contribution in [3.8, 4) is 0 Å². The normalized spacial score (nSPS) is 15.0. The van der Waals surface area contributed by atoms with E-state index in [1.807, 2.05) is 6.92 Å². The third-order valence-electron chi connectivity index (χ3n) is 3.14. The van der Waals surface area contributed by atoms with Gasteiger partial charge in [0.2, 0.25) is 5.91 Å². The Morgan fingerprint density at radius 2 is 1.81 bits per heavy atom. The number of unbranched alkanes of at least 4 members (excludes halogenated alkanes) is 2. The van der Waals surface area contributed by atoms with Crippen molar-refractivity contribution >= 4 is 17.8 Å². The van der Waals surface area contributed by atoms with Crippen LogP contribution in [-0.4, -0.2) is 44.8 Å². The predicted molar refractivity (Wildman–Crippen MR) is 75.8 cm³/mol. The number of aliphatic carboxylic acids is 2. The standard InChI is InChI=1S/C14H25NO6/c1-3-4-5-8-14(2,21)9-11(16)15-10(13(19)20)6-7-12(17)18/h10,21H,3-9H2,1-2H3,(H,15,16)(H,17,18)(H,19,20)/t10-,14?/m0/s1. The Hall–Kier alpha value is -1.63. The van der Waals surface area contributed by atoms with Crippen LogP contribution in [0, 0.1) is 0 Å². The number of rotatable bonds is 11. The minimum atomic E-state index is -1.28. The van der Waals surface area contributed by atoms with E-state index in [1.54, 1.807) is 0 Å². The lowest BCUT2D eigenvalue weighted by atomic mass is 9.94. The van der Waals surface area contributed by atoms with Gasteiger partial charge in [0.15, 0.2) is 0 Å². The molecule has 21 heavy (non-hydrogen) atoms. The molecule has 0 saturated carbocycles. The van der Waals surface area contributed by atoms with E-state index in [0.29, 0.717) is 6.42 Å². The fraction of sp³-hybridized carbons (Fsp3) is 0.786. The van der Waals surface area contributed by atoms with Crippen LogP contribution in [0.25, 0.3) is 0 Å². The van der Waals surface area contributed by atoms with Crippen LogP contribution < -0.4 is 5.32 Å². The summed E-state index contributed by atoms with van der Waals surface area (Å²) in [5.74, 6) is -2.99. The van der Waals surface area contributed by atoms with Crippen LogP contribution in [0.15, 0.2) is 0 Å². The SMILES string of the molecule is CCCCCC(C)(O)CC(=O)N[C@@H](CCC(=O)O)C(=O)O. The lowest BCUT2D eigenvalue weighted by molar-refractivity contribution is -0.143. The monoisotopic (exact) mass is 303 g/mol. The van der Waals surface area contributed by atoms with E-state index < -0.39 is 29.5 Å². The fourth-order valence-corrected chi connectivity index (χ4v) is 1.96. The van der Waals surface area contributed by atoms with Gasteiger partial charge >= 0.3 is 11.9 Å². The zero-order valence-corrected chi connectivity index (χ0v) is 12.6. The Morgan fingerprint density at radius 3 is 2.29 bits per heavy atom. The topological polar surface area (TPSA) is 124 Å². The summed E-state index contributed by atoms with van der Waals surface area (Å²) in [5.41, 5.74) is -1.19. The van der Waals surface area contributed by atoms with Gasteiger partial charge in [-0.3, -0.25) is 9.59 Å². The van der Waals surface area contributed by atoms with Gasteiger partial charge in [-0.05, 0) is 19.8 Å². The zero-order valence-electron chi connectivity index (χ0n) is 12.6. The Bertz CT molecular complexity index is 366. The first-order valence-corrected chi connectivity index (χ1v) is 7.14. The molecule has 0 aliphatic rings. The maximum atomic E-state index is 11.8. The lowest BCUT2D eigenvalue weighted by Gasteiger charge is -2.23. The van der Waals surface area contributed by atoms with E-state index in [2.05, 4.69) is 5.32 Å². The van der Waals surface area contributed by atoms with Gasteiger partial charge in [0.1, 0.15) is 6.04 Å². The average molecular weight is 303 g/mol. The molecule has 0 aromatic carbocycles. The van der Waals surface area contributed by atoms with Crippen molar-refractivity contribution in [1.82, 2.24) is 5.32 Å². The van der Waals surface area contributed by atoms with Crippen LogP contribution in [-0.2, 0) is 14.4 Å². The molecule has 0 saturated heterocycles. The molecule has 2 atom stereocenters. The summed E-state index contributed by atoms with van der Waals surface area (Å²) < 4.78 is 0. The highest BCUT2D eigenvalue weighted by molar-refractivity contribution is 5.84. The zero-order chi connectivity index (χ0) is 16.5. The molecule has 0 rings (SSSR count). The Morgan fingerprint density at radius 1 is 1.19 bits per heavy atom. The molecule has 0 aromatic heterocycles. The van der Waals surface area contributed by atoms with Gasteiger partial charge in [0.05, 0.1) is 12.0 Å². The van der Waals surface area contributed by atoms with Gasteiger partial charge < -0.3 is 20.6 Å². The Kier molecular flexibility index (Phi) is 8.61. The van der Waals surface area contributed by atoms with Crippen LogP contribution >= 0.6 is 0 Å².